The van der Waals surface area contributed by atoms with Gasteiger partial charge in [-0.05, 0) is 25.2 Å². The van der Waals surface area contributed by atoms with Crippen LogP contribution in [-0.2, 0) is 6.54 Å². The predicted molar refractivity (Wildman–Crippen MR) is 74.7 cm³/mol. The summed E-state index contributed by atoms with van der Waals surface area (Å²) < 4.78 is 0. The highest BCUT2D eigenvalue weighted by Crippen LogP contribution is 2.43. The molecule has 2 N–H and O–H groups in total. The Hall–Kier alpha value is -0.610. The molecule has 1 fully saturated rings. The fraction of sp³-hybridized carbons (Fsp3) is 0.769. The summed E-state index contributed by atoms with van der Waals surface area (Å²) in [4.78, 5) is 8.35. The minimum atomic E-state index is 0.640. The van der Waals surface area contributed by atoms with Gasteiger partial charge in [-0.25, -0.2) is 4.98 Å². The van der Waals surface area contributed by atoms with Gasteiger partial charge in [0.1, 0.15) is 0 Å². The molecular weight excluding hydrogens is 230 g/mol. The molecule has 0 radical (unpaired) electrons. The van der Waals surface area contributed by atoms with Gasteiger partial charge in [0.05, 0.1) is 5.69 Å². The summed E-state index contributed by atoms with van der Waals surface area (Å²) >= 11 is 1.78. The summed E-state index contributed by atoms with van der Waals surface area (Å²) in [5, 5.41) is 1.15. The lowest BCUT2D eigenvalue weighted by Crippen LogP contribution is -2.19. The molecule has 1 aromatic rings. The summed E-state index contributed by atoms with van der Waals surface area (Å²) in [6.07, 6.45) is 3.81. The molecule has 1 aliphatic carbocycles. The highest BCUT2D eigenvalue weighted by atomic mass is 32.1. The fourth-order valence-electron chi connectivity index (χ4n) is 1.88. The van der Waals surface area contributed by atoms with E-state index in [1.54, 1.807) is 11.3 Å². The van der Waals surface area contributed by atoms with Gasteiger partial charge in [0.15, 0.2) is 5.13 Å². The molecule has 1 aromatic heterocycles. The largest absolute Gasteiger partial charge is 0.351 e. The number of aromatic nitrogens is 1. The number of rotatable bonds is 6. The van der Waals surface area contributed by atoms with Crippen molar-refractivity contribution in [1.82, 2.24) is 4.98 Å². The van der Waals surface area contributed by atoms with Crippen LogP contribution in [0.15, 0.2) is 0 Å². The topological polar surface area (TPSA) is 42.2 Å². The molecule has 1 saturated carbocycles. The normalized spacial score (nSPS) is 15.6. The number of nitrogens with zero attached hydrogens (tertiary/aromatic N) is 2. The molecule has 0 aliphatic heterocycles. The monoisotopic (exact) mass is 253 g/mol. The van der Waals surface area contributed by atoms with Crippen LogP contribution >= 0.6 is 11.3 Å². The van der Waals surface area contributed by atoms with Crippen LogP contribution in [0, 0.1) is 5.92 Å². The van der Waals surface area contributed by atoms with E-state index in [2.05, 4.69) is 25.8 Å². The Morgan fingerprint density at radius 2 is 2.18 bits per heavy atom. The van der Waals surface area contributed by atoms with E-state index < -0.39 is 0 Å². The zero-order valence-electron chi connectivity index (χ0n) is 11.1. The van der Waals surface area contributed by atoms with Crippen LogP contribution in [0.4, 0.5) is 5.13 Å². The highest BCUT2D eigenvalue weighted by Gasteiger charge is 2.29. The van der Waals surface area contributed by atoms with E-state index in [1.165, 1.54) is 29.8 Å². The molecule has 0 spiro atoms. The number of nitrogens with two attached hydrogens (primary N) is 1. The van der Waals surface area contributed by atoms with E-state index >= 15 is 0 Å². The average molecular weight is 253 g/mol. The number of hydrogen-bond donors (Lipinski definition) is 1. The van der Waals surface area contributed by atoms with Crippen LogP contribution in [0.25, 0.3) is 0 Å². The smallest absolute Gasteiger partial charge is 0.185 e. The van der Waals surface area contributed by atoms with Crippen LogP contribution in [0.5, 0.6) is 0 Å². The lowest BCUT2D eigenvalue weighted by atomic mass is 10.1. The molecule has 0 saturated heterocycles. The third-order valence-corrected chi connectivity index (χ3v) is 4.44. The van der Waals surface area contributed by atoms with Crippen molar-refractivity contribution < 1.29 is 0 Å². The van der Waals surface area contributed by atoms with Crippen molar-refractivity contribution in [3.63, 3.8) is 0 Å². The second-order valence-electron chi connectivity index (χ2n) is 5.39. The Labute approximate surface area is 108 Å². The summed E-state index contributed by atoms with van der Waals surface area (Å²) in [5.74, 6) is 1.45. The molecule has 0 amide bonds. The van der Waals surface area contributed by atoms with Crippen molar-refractivity contribution in [2.45, 2.75) is 45.6 Å². The molecule has 0 aromatic carbocycles. The molecule has 0 unspecified atom stereocenters. The Balaban J connectivity index is 2.04. The first-order valence-electron chi connectivity index (χ1n) is 6.52. The highest BCUT2D eigenvalue weighted by molar-refractivity contribution is 7.15. The van der Waals surface area contributed by atoms with Gasteiger partial charge in [-0.3, -0.25) is 0 Å². The third-order valence-electron chi connectivity index (χ3n) is 3.23. The molecule has 2 rings (SSSR count). The van der Waals surface area contributed by atoms with Crippen LogP contribution < -0.4 is 10.6 Å². The first-order chi connectivity index (χ1) is 8.11. The second-order valence-corrected chi connectivity index (χ2v) is 6.45. The van der Waals surface area contributed by atoms with E-state index in [4.69, 9.17) is 10.7 Å². The summed E-state index contributed by atoms with van der Waals surface area (Å²) in [5.41, 5.74) is 7.09. The molecule has 96 valence electrons. The summed E-state index contributed by atoms with van der Waals surface area (Å²) in [6, 6.07) is 0. The molecule has 17 heavy (non-hydrogen) atoms. The number of hydrogen-bond acceptors (Lipinski definition) is 4. The maximum Gasteiger partial charge on any atom is 0.185 e. The van der Waals surface area contributed by atoms with Gasteiger partial charge in [-0.15, -0.1) is 11.3 Å². The van der Waals surface area contributed by atoms with Gasteiger partial charge in [-0.2, -0.15) is 0 Å². The molecule has 0 bridgehead atoms. The van der Waals surface area contributed by atoms with E-state index in [0.717, 1.165) is 17.6 Å². The van der Waals surface area contributed by atoms with E-state index in [9.17, 15) is 0 Å². The standard InChI is InChI=1S/C13H23N3S/c1-9(2)6-7-16(3)13-15-12(10-4-5-10)11(8-14)17-13/h9-10H,4-8,14H2,1-3H3. The predicted octanol–water partition coefficient (Wildman–Crippen LogP) is 2.96. The van der Waals surface area contributed by atoms with Crippen molar-refractivity contribution in [3.05, 3.63) is 10.6 Å². The first-order valence-corrected chi connectivity index (χ1v) is 7.34. The first kappa shape index (κ1) is 12.8. The molecule has 0 atom stereocenters. The zero-order chi connectivity index (χ0) is 12.4. The van der Waals surface area contributed by atoms with Crippen molar-refractivity contribution in [2.75, 3.05) is 18.5 Å². The van der Waals surface area contributed by atoms with Crippen LogP contribution in [0.2, 0.25) is 0 Å². The van der Waals surface area contributed by atoms with Crippen LogP contribution in [-0.4, -0.2) is 18.6 Å². The van der Waals surface area contributed by atoms with E-state index in [-0.39, 0.29) is 0 Å². The van der Waals surface area contributed by atoms with Gasteiger partial charge >= 0.3 is 0 Å². The molecule has 3 nitrogen and oxygen atoms in total. The third kappa shape index (κ3) is 3.19. The Morgan fingerprint density at radius 1 is 1.47 bits per heavy atom. The van der Waals surface area contributed by atoms with Gasteiger partial charge in [0, 0.05) is 30.9 Å². The zero-order valence-corrected chi connectivity index (χ0v) is 11.9. The van der Waals surface area contributed by atoms with Crippen molar-refractivity contribution in [1.29, 1.82) is 0 Å². The van der Waals surface area contributed by atoms with Gasteiger partial charge in [-0.1, -0.05) is 13.8 Å². The number of thiazole rings is 1. The SMILES string of the molecule is CC(C)CCN(C)c1nc(C2CC2)c(CN)s1. The fourth-order valence-corrected chi connectivity index (χ4v) is 2.90. The lowest BCUT2D eigenvalue weighted by molar-refractivity contribution is 0.585. The minimum absolute atomic E-state index is 0.640. The molecule has 1 aliphatic rings. The van der Waals surface area contributed by atoms with Crippen molar-refractivity contribution >= 4 is 16.5 Å². The lowest BCUT2D eigenvalue weighted by Gasteiger charge is -2.16. The maximum absolute atomic E-state index is 5.80. The van der Waals surface area contributed by atoms with Crippen LogP contribution in [0.3, 0.4) is 0 Å². The quantitative estimate of drug-likeness (QED) is 0.847. The van der Waals surface area contributed by atoms with Gasteiger partial charge < -0.3 is 10.6 Å². The maximum atomic E-state index is 5.80. The van der Waals surface area contributed by atoms with E-state index in [1.807, 2.05) is 0 Å². The van der Waals surface area contributed by atoms with Crippen LogP contribution in [0.1, 0.15) is 49.6 Å². The molecule has 1 heterocycles. The Morgan fingerprint density at radius 3 is 2.71 bits per heavy atom. The van der Waals surface area contributed by atoms with Crippen molar-refractivity contribution in [3.8, 4) is 0 Å². The number of anilines is 1. The van der Waals surface area contributed by atoms with Gasteiger partial charge in [0.2, 0.25) is 0 Å². The van der Waals surface area contributed by atoms with Crippen molar-refractivity contribution in [2.24, 2.45) is 11.7 Å². The molecule has 4 heteroatoms. The van der Waals surface area contributed by atoms with Gasteiger partial charge in [0.25, 0.3) is 0 Å². The Bertz CT molecular complexity index is 369. The second kappa shape index (κ2) is 5.36. The average Bonchev–Trinajstić information content (AvgIpc) is 3.05. The minimum Gasteiger partial charge on any atom is -0.351 e. The molecular formula is C13H23N3S. The van der Waals surface area contributed by atoms with E-state index in [0.29, 0.717) is 12.5 Å². The summed E-state index contributed by atoms with van der Waals surface area (Å²) in [6.45, 7) is 6.24. The Kier molecular flexibility index (Phi) is 4.05. The summed E-state index contributed by atoms with van der Waals surface area (Å²) in [7, 11) is 2.14.